The van der Waals surface area contributed by atoms with Gasteiger partial charge >= 0.3 is 11.9 Å². The molecule has 0 aliphatic carbocycles. The van der Waals surface area contributed by atoms with Crippen LogP contribution in [0.25, 0.3) is 43.6 Å². The molecule has 4 aromatic carbocycles. The highest BCUT2D eigenvalue weighted by Crippen LogP contribution is 2.40. The van der Waals surface area contributed by atoms with Crippen LogP contribution in [0.1, 0.15) is 70.9 Å². The summed E-state index contributed by atoms with van der Waals surface area (Å²) in [5.74, 6) is -1.24. The van der Waals surface area contributed by atoms with E-state index in [1.165, 1.54) is 0 Å². The van der Waals surface area contributed by atoms with E-state index in [9.17, 15) is 9.59 Å². The summed E-state index contributed by atoms with van der Waals surface area (Å²) in [5.41, 5.74) is 3.45. The minimum Gasteiger partial charge on any atom is -0.454 e. The van der Waals surface area contributed by atoms with Gasteiger partial charge in [0.1, 0.15) is 17.6 Å². The van der Waals surface area contributed by atoms with Gasteiger partial charge in [0.25, 0.3) is 0 Å². The number of carbonyl (C=O) groups is 2. The maximum atomic E-state index is 13.3. The van der Waals surface area contributed by atoms with Gasteiger partial charge in [-0.15, -0.1) is 0 Å². The van der Waals surface area contributed by atoms with Crippen molar-refractivity contribution < 1.29 is 19.1 Å². The third-order valence-corrected chi connectivity index (χ3v) is 10.0. The number of benzene rings is 4. The number of H-pyrrole nitrogens is 2. The van der Waals surface area contributed by atoms with Gasteiger partial charge in [0.05, 0.1) is 21.1 Å². The molecule has 0 atom stereocenters. The van der Waals surface area contributed by atoms with E-state index in [-0.39, 0.29) is 0 Å². The SMILES string of the molecule is CCC(CC)(OC(=O)CC(=O)OC(CC)(CC)c1ccc2c(c1)[nH]c1c(Cl)cccc12)c1ccc2c(c1)[nH]c1c(Cl)cccc12. The number of hydrogen-bond acceptors (Lipinski definition) is 4. The Labute approximate surface area is 272 Å². The summed E-state index contributed by atoms with van der Waals surface area (Å²) in [6.07, 6.45) is 1.68. The number of aromatic nitrogens is 2. The zero-order chi connectivity index (χ0) is 31.9. The molecule has 0 aliphatic heterocycles. The molecule has 0 aliphatic rings. The highest BCUT2D eigenvalue weighted by Gasteiger charge is 2.37. The average Bonchev–Trinajstić information content (AvgIpc) is 3.62. The highest BCUT2D eigenvalue weighted by atomic mass is 35.5. The van der Waals surface area contributed by atoms with Crippen molar-refractivity contribution in [2.24, 2.45) is 0 Å². The molecule has 0 fully saturated rings. The van der Waals surface area contributed by atoms with Crippen molar-refractivity contribution in [1.82, 2.24) is 9.97 Å². The number of halogens is 2. The van der Waals surface area contributed by atoms with Crippen LogP contribution in [0, 0.1) is 0 Å². The Hall–Kier alpha value is -4.00. The minimum atomic E-state index is -0.902. The number of fused-ring (bicyclic) bond motifs is 6. The molecule has 8 heteroatoms. The van der Waals surface area contributed by atoms with Gasteiger partial charge < -0.3 is 19.4 Å². The number of para-hydroxylation sites is 2. The highest BCUT2D eigenvalue weighted by molar-refractivity contribution is 6.36. The molecule has 0 radical (unpaired) electrons. The van der Waals surface area contributed by atoms with Crippen molar-refractivity contribution >= 4 is 78.8 Å². The lowest BCUT2D eigenvalue weighted by molar-refractivity contribution is -0.174. The van der Waals surface area contributed by atoms with Crippen LogP contribution in [-0.2, 0) is 30.3 Å². The van der Waals surface area contributed by atoms with Crippen LogP contribution in [0.3, 0.4) is 0 Å². The monoisotopic (exact) mass is 642 g/mol. The second-order valence-corrected chi connectivity index (χ2v) is 12.4. The van der Waals surface area contributed by atoms with E-state index in [4.69, 9.17) is 32.7 Å². The van der Waals surface area contributed by atoms with Gasteiger partial charge in [0, 0.05) is 32.6 Å². The summed E-state index contributed by atoms with van der Waals surface area (Å²) in [6.45, 7) is 7.92. The van der Waals surface area contributed by atoms with Crippen molar-refractivity contribution in [1.29, 1.82) is 0 Å². The first-order valence-electron chi connectivity index (χ1n) is 15.5. The molecular formula is C37H36Cl2N2O4. The molecule has 2 heterocycles. The first-order valence-corrected chi connectivity index (χ1v) is 16.3. The van der Waals surface area contributed by atoms with E-state index >= 15 is 0 Å². The lowest BCUT2D eigenvalue weighted by Crippen LogP contribution is -2.35. The molecule has 2 aromatic heterocycles. The lowest BCUT2D eigenvalue weighted by atomic mass is 9.87. The van der Waals surface area contributed by atoms with E-state index in [0.717, 1.165) is 54.7 Å². The van der Waals surface area contributed by atoms with Crippen molar-refractivity contribution in [2.75, 3.05) is 0 Å². The summed E-state index contributed by atoms with van der Waals surface area (Å²) in [4.78, 5) is 33.5. The largest absolute Gasteiger partial charge is 0.454 e. The molecule has 0 saturated heterocycles. The Morgan fingerprint density at radius 2 is 1.00 bits per heavy atom. The predicted octanol–water partition coefficient (Wildman–Crippen LogP) is 10.5. The molecular weight excluding hydrogens is 607 g/mol. The number of rotatable bonds is 10. The molecule has 0 saturated carbocycles. The molecule has 45 heavy (non-hydrogen) atoms. The Bertz CT molecular complexity index is 1920. The normalized spacial score (nSPS) is 12.4. The second-order valence-electron chi connectivity index (χ2n) is 11.6. The molecule has 0 spiro atoms. The van der Waals surface area contributed by atoms with E-state index in [2.05, 4.69) is 9.97 Å². The van der Waals surface area contributed by atoms with Gasteiger partial charge in [0.2, 0.25) is 0 Å². The Morgan fingerprint density at radius 3 is 1.38 bits per heavy atom. The van der Waals surface area contributed by atoms with Gasteiger partial charge in [-0.2, -0.15) is 0 Å². The van der Waals surface area contributed by atoms with Gasteiger partial charge in [-0.1, -0.05) is 99.4 Å². The molecule has 6 rings (SSSR count). The number of nitrogens with one attached hydrogen (secondary N) is 2. The smallest absolute Gasteiger partial charge is 0.318 e. The zero-order valence-corrected chi connectivity index (χ0v) is 27.4. The number of hydrogen-bond donors (Lipinski definition) is 2. The summed E-state index contributed by atoms with van der Waals surface area (Å²) < 4.78 is 12.3. The van der Waals surface area contributed by atoms with Gasteiger partial charge in [-0.05, 0) is 61.1 Å². The fraction of sp³-hybridized carbons (Fsp3) is 0.297. The number of esters is 2. The van der Waals surface area contributed by atoms with E-state index in [0.29, 0.717) is 35.7 Å². The second kappa shape index (κ2) is 12.1. The van der Waals surface area contributed by atoms with Gasteiger partial charge in [-0.25, -0.2) is 0 Å². The van der Waals surface area contributed by atoms with E-state index < -0.39 is 29.6 Å². The zero-order valence-electron chi connectivity index (χ0n) is 25.9. The topological polar surface area (TPSA) is 84.2 Å². The third kappa shape index (κ3) is 5.34. The number of aromatic amines is 2. The molecule has 0 bridgehead atoms. The first kappa shape index (κ1) is 31.0. The molecule has 6 aromatic rings. The molecule has 0 amide bonds. The fourth-order valence-electron chi connectivity index (χ4n) is 6.70. The number of ether oxygens (including phenoxy) is 2. The minimum absolute atomic E-state index is 0.488. The maximum absolute atomic E-state index is 13.3. The first-order chi connectivity index (χ1) is 21.7. The van der Waals surface area contributed by atoms with Crippen LogP contribution in [0.2, 0.25) is 10.0 Å². The molecule has 232 valence electrons. The van der Waals surface area contributed by atoms with Crippen LogP contribution in [0.15, 0.2) is 72.8 Å². The van der Waals surface area contributed by atoms with Crippen LogP contribution >= 0.6 is 23.2 Å². The molecule has 0 unspecified atom stereocenters. The predicted molar refractivity (Wildman–Crippen MR) is 183 cm³/mol. The third-order valence-electron chi connectivity index (χ3n) is 9.41. The van der Waals surface area contributed by atoms with Crippen molar-refractivity contribution in [3.05, 3.63) is 94.0 Å². The van der Waals surface area contributed by atoms with E-state index in [1.54, 1.807) is 0 Å². The molecule has 2 N–H and O–H groups in total. The summed E-state index contributed by atoms with van der Waals surface area (Å²) in [7, 11) is 0. The van der Waals surface area contributed by atoms with Crippen molar-refractivity contribution in [3.63, 3.8) is 0 Å². The van der Waals surface area contributed by atoms with Crippen LogP contribution in [-0.4, -0.2) is 21.9 Å². The van der Waals surface area contributed by atoms with Crippen LogP contribution in [0.5, 0.6) is 0 Å². The van der Waals surface area contributed by atoms with Gasteiger partial charge in [-0.3, -0.25) is 9.59 Å². The fourth-order valence-corrected chi connectivity index (χ4v) is 7.14. The summed E-state index contributed by atoms with van der Waals surface area (Å²) in [6, 6.07) is 23.7. The molecule has 6 nitrogen and oxygen atoms in total. The Kier molecular flexibility index (Phi) is 8.31. The summed E-state index contributed by atoms with van der Waals surface area (Å²) >= 11 is 12.9. The Morgan fingerprint density at radius 1 is 0.600 bits per heavy atom. The van der Waals surface area contributed by atoms with E-state index in [1.807, 2.05) is 100 Å². The lowest BCUT2D eigenvalue weighted by Gasteiger charge is -2.34. The summed E-state index contributed by atoms with van der Waals surface area (Å²) in [5, 5.41) is 5.44. The van der Waals surface area contributed by atoms with Crippen LogP contribution in [0.4, 0.5) is 0 Å². The average molecular weight is 644 g/mol. The van der Waals surface area contributed by atoms with Gasteiger partial charge in [0.15, 0.2) is 0 Å². The number of carbonyl (C=O) groups excluding carboxylic acids is 2. The van der Waals surface area contributed by atoms with Crippen molar-refractivity contribution in [3.8, 4) is 0 Å². The van der Waals surface area contributed by atoms with Crippen LogP contribution < -0.4 is 0 Å². The Balaban J connectivity index is 1.23. The quantitative estimate of drug-likeness (QED) is 0.115. The maximum Gasteiger partial charge on any atom is 0.318 e. The van der Waals surface area contributed by atoms with Crippen molar-refractivity contribution in [2.45, 2.75) is 71.0 Å². The standard InChI is InChI=1S/C37H36Cl2N2O4/c1-5-36(6-2,22-15-17-24-26-11-9-13-28(38)34(26)40-30(24)19-22)44-32(42)21-33(43)45-37(7-3,8-4)23-16-18-25-27-12-10-14-29(39)35(27)41-31(25)20-23/h9-20,40-41H,5-8,21H2,1-4H3.